The van der Waals surface area contributed by atoms with E-state index in [1.807, 2.05) is 12.1 Å². The number of para-hydroxylation sites is 4. The Hall–Kier alpha value is -5.97. The molecule has 0 amide bonds. The Balaban J connectivity index is 0.00000413. The minimum Gasteiger partial charge on any atom is -0.352 e. The largest absolute Gasteiger partial charge is 2.00 e. The van der Waals surface area contributed by atoms with Gasteiger partial charge in [-0.25, -0.2) is 4.98 Å². The van der Waals surface area contributed by atoms with E-state index in [1.165, 1.54) is 11.1 Å². The van der Waals surface area contributed by atoms with E-state index in [1.54, 1.807) is 0 Å². The maximum absolute atomic E-state index is 5.50. The molecule has 0 aliphatic carbocycles. The van der Waals surface area contributed by atoms with Crippen molar-refractivity contribution >= 4 is 34.5 Å². The topological polar surface area (TPSA) is 42.1 Å². The summed E-state index contributed by atoms with van der Waals surface area (Å²) in [6.45, 7) is 8.66. The van der Waals surface area contributed by atoms with E-state index in [0.717, 1.165) is 79.7 Å². The molecule has 2 aromatic heterocycles. The molecule has 7 heteroatoms. The number of hydrogen-bond donors (Lipinski definition) is 0. The summed E-state index contributed by atoms with van der Waals surface area (Å²) in [5, 5.41) is 0. The van der Waals surface area contributed by atoms with Crippen LogP contribution < -0.4 is 9.80 Å². The van der Waals surface area contributed by atoms with Gasteiger partial charge in [-0.15, -0.1) is 35.9 Å². The van der Waals surface area contributed by atoms with Crippen LogP contribution in [0.5, 0.6) is 0 Å². The van der Waals surface area contributed by atoms with Gasteiger partial charge in [-0.05, 0) is 86.1 Å². The van der Waals surface area contributed by atoms with Crippen molar-refractivity contribution in [3.63, 3.8) is 0 Å². The van der Waals surface area contributed by atoms with Crippen molar-refractivity contribution in [2.45, 2.75) is 34.1 Å². The molecule has 0 atom stereocenters. The first kappa shape index (κ1) is 35.1. The number of imidazole rings is 2. The number of benzene rings is 6. The Morgan fingerprint density at radius 2 is 1.04 bits per heavy atom. The quantitative estimate of drug-likeness (QED) is 0.165. The van der Waals surface area contributed by atoms with Gasteiger partial charge in [0, 0.05) is 17.8 Å². The van der Waals surface area contributed by atoms with Crippen LogP contribution in [0.15, 0.2) is 146 Å². The van der Waals surface area contributed by atoms with Crippen LogP contribution in [0.3, 0.4) is 0 Å². The second-order valence-electron chi connectivity index (χ2n) is 13.7. The van der Waals surface area contributed by atoms with E-state index >= 15 is 0 Å². The first-order valence-electron chi connectivity index (χ1n) is 18.0. The van der Waals surface area contributed by atoms with Crippen molar-refractivity contribution < 1.29 is 21.1 Å². The SMILES string of the molecule is Cc1cccc(C)c1-n1cc2nc1Cc1[c-]c(ccc1)N(c1ccccc1)c1[c-]c(ccc1)-c1cn(-c3c(C)cccc3C)c(n1)N2c1ccccc1.[Pt+2]. The summed E-state index contributed by atoms with van der Waals surface area (Å²) in [6.07, 6.45) is 4.87. The average Bonchev–Trinajstić information content (AvgIpc) is 3.77. The second-order valence-corrected chi connectivity index (χ2v) is 13.7. The van der Waals surface area contributed by atoms with Gasteiger partial charge in [0.15, 0.2) is 5.82 Å². The molecule has 1 aliphatic rings. The third kappa shape index (κ3) is 6.27. The molecular formula is C47H38N6Pt. The number of fused-ring (bicyclic) bond motifs is 9. The van der Waals surface area contributed by atoms with Gasteiger partial charge in [0.25, 0.3) is 0 Å². The zero-order valence-corrected chi connectivity index (χ0v) is 32.8. The molecule has 0 radical (unpaired) electrons. The Morgan fingerprint density at radius 3 is 1.67 bits per heavy atom. The number of anilines is 6. The Bertz CT molecular complexity index is 2570. The number of nitrogens with zero attached hydrogens (tertiary/aromatic N) is 6. The smallest absolute Gasteiger partial charge is 0.352 e. The second kappa shape index (κ2) is 14.5. The maximum Gasteiger partial charge on any atom is 2.00 e. The fraction of sp³-hybridized carbons (Fsp3) is 0.106. The van der Waals surface area contributed by atoms with Gasteiger partial charge >= 0.3 is 21.1 Å². The molecule has 0 unspecified atom stereocenters. The molecular weight excluding hydrogens is 844 g/mol. The molecule has 8 aromatic rings. The van der Waals surface area contributed by atoms with Crippen molar-refractivity contribution in [1.82, 2.24) is 19.1 Å². The molecule has 0 N–H and O–H groups in total. The molecule has 54 heavy (non-hydrogen) atoms. The Morgan fingerprint density at radius 1 is 0.500 bits per heavy atom. The minimum absolute atomic E-state index is 0. The normalized spacial score (nSPS) is 12.1. The number of hydrogen-bond acceptors (Lipinski definition) is 4. The van der Waals surface area contributed by atoms with Gasteiger partial charge in [0.05, 0.1) is 23.3 Å². The summed E-state index contributed by atoms with van der Waals surface area (Å²) in [4.78, 5) is 15.4. The predicted molar refractivity (Wildman–Crippen MR) is 215 cm³/mol. The summed E-state index contributed by atoms with van der Waals surface area (Å²) >= 11 is 0. The van der Waals surface area contributed by atoms with E-state index in [9.17, 15) is 0 Å². The molecule has 1 aliphatic heterocycles. The Labute approximate surface area is 331 Å². The molecule has 0 saturated heterocycles. The molecule has 6 aromatic carbocycles. The van der Waals surface area contributed by atoms with Crippen LogP contribution in [-0.4, -0.2) is 19.1 Å². The number of rotatable bonds is 4. The average molecular weight is 882 g/mol. The third-order valence-electron chi connectivity index (χ3n) is 10.00. The van der Waals surface area contributed by atoms with Crippen molar-refractivity contribution in [2.75, 3.05) is 9.80 Å². The maximum atomic E-state index is 5.50. The van der Waals surface area contributed by atoms with E-state index in [2.05, 4.69) is 192 Å². The zero-order valence-electron chi connectivity index (χ0n) is 30.6. The monoisotopic (exact) mass is 881 g/mol. The molecule has 8 bridgehead atoms. The summed E-state index contributed by atoms with van der Waals surface area (Å²) < 4.78 is 4.49. The van der Waals surface area contributed by atoms with E-state index in [4.69, 9.17) is 9.97 Å². The summed E-state index contributed by atoms with van der Waals surface area (Å²) in [5.41, 5.74) is 13.4. The van der Waals surface area contributed by atoms with Gasteiger partial charge in [0.1, 0.15) is 5.82 Å². The van der Waals surface area contributed by atoms with Gasteiger partial charge in [-0.2, -0.15) is 23.8 Å². The van der Waals surface area contributed by atoms with Crippen LogP contribution in [0.1, 0.15) is 33.6 Å². The van der Waals surface area contributed by atoms with Crippen LogP contribution in [-0.2, 0) is 27.5 Å². The van der Waals surface area contributed by atoms with E-state index in [-0.39, 0.29) is 21.1 Å². The van der Waals surface area contributed by atoms with Gasteiger partial charge < -0.3 is 9.47 Å². The minimum atomic E-state index is 0. The van der Waals surface area contributed by atoms with Crippen LogP contribution in [0.25, 0.3) is 22.6 Å². The molecule has 9 rings (SSSR count). The third-order valence-corrected chi connectivity index (χ3v) is 10.00. The first-order valence-corrected chi connectivity index (χ1v) is 18.0. The van der Waals surface area contributed by atoms with Crippen LogP contribution in [0.4, 0.5) is 34.5 Å². The number of aromatic nitrogens is 4. The fourth-order valence-corrected chi connectivity index (χ4v) is 7.58. The van der Waals surface area contributed by atoms with E-state index in [0.29, 0.717) is 6.42 Å². The van der Waals surface area contributed by atoms with Gasteiger partial charge in [-0.3, -0.25) is 14.5 Å². The molecule has 266 valence electrons. The molecule has 3 heterocycles. The first-order chi connectivity index (χ1) is 25.9. The van der Waals surface area contributed by atoms with Gasteiger partial charge in [0.2, 0.25) is 5.95 Å². The van der Waals surface area contributed by atoms with Crippen LogP contribution >= 0.6 is 0 Å². The van der Waals surface area contributed by atoms with E-state index < -0.39 is 0 Å². The summed E-state index contributed by atoms with van der Waals surface area (Å²) in [7, 11) is 0. The zero-order chi connectivity index (χ0) is 36.1. The van der Waals surface area contributed by atoms with Crippen molar-refractivity contribution in [3.05, 3.63) is 192 Å². The van der Waals surface area contributed by atoms with Crippen molar-refractivity contribution in [2.24, 2.45) is 0 Å². The summed E-state index contributed by atoms with van der Waals surface area (Å²) in [5.74, 6) is 2.42. The predicted octanol–water partition coefficient (Wildman–Crippen LogP) is 11.4. The molecule has 0 spiro atoms. The Kier molecular flexibility index (Phi) is 9.39. The van der Waals surface area contributed by atoms with Crippen molar-refractivity contribution in [1.29, 1.82) is 0 Å². The molecule has 0 fully saturated rings. The van der Waals surface area contributed by atoms with Crippen LogP contribution in [0.2, 0.25) is 0 Å². The number of aryl methyl sites for hydroxylation is 4. The molecule has 0 saturated carbocycles. The summed E-state index contributed by atoms with van der Waals surface area (Å²) in [6, 6.07) is 53.9. The van der Waals surface area contributed by atoms with Crippen molar-refractivity contribution in [3.8, 4) is 22.6 Å². The van der Waals surface area contributed by atoms with Gasteiger partial charge in [-0.1, -0.05) is 78.5 Å². The standard InChI is InChI=1S/C47H38N6.Pt/c1-32-15-11-16-33(2)45(32)50-31-44-49-43(50)28-36-19-13-25-40(27-36)52(38-21-7-5-8-22-38)41-26-14-20-37(29-41)42-30-51(46-34(3)17-12-18-35(46)4)47(48-42)53(44)39-23-9-6-10-24-39;/h5-26,30-31H,28H2,1-4H3;/q-2;+2. The van der Waals surface area contributed by atoms with Crippen LogP contribution in [0, 0.1) is 39.8 Å². The molecule has 6 nitrogen and oxygen atoms in total. The fourth-order valence-electron chi connectivity index (χ4n) is 7.58.